The first-order valence-corrected chi connectivity index (χ1v) is 8.06. The predicted molar refractivity (Wildman–Crippen MR) is 83.7 cm³/mol. The molecule has 1 amide bonds. The summed E-state index contributed by atoms with van der Waals surface area (Å²) in [7, 11) is 0. The SMILES string of the molecule is O=C(c1cccnc1N1CCCCC1)N1CCCNCC1. The van der Waals surface area contributed by atoms with E-state index in [-0.39, 0.29) is 5.91 Å². The number of nitrogens with zero attached hydrogens (tertiary/aromatic N) is 3. The second-order valence-electron chi connectivity index (χ2n) is 5.82. The number of carbonyl (C=O) groups excluding carboxylic acids is 1. The molecule has 114 valence electrons. The van der Waals surface area contributed by atoms with Gasteiger partial charge in [-0.25, -0.2) is 4.98 Å². The highest BCUT2D eigenvalue weighted by atomic mass is 16.2. The maximum Gasteiger partial charge on any atom is 0.257 e. The molecule has 0 aromatic carbocycles. The molecule has 5 heteroatoms. The van der Waals surface area contributed by atoms with Crippen LogP contribution in [0, 0.1) is 0 Å². The molecule has 2 aliphatic heterocycles. The van der Waals surface area contributed by atoms with Gasteiger partial charge in [0, 0.05) is 38.9 Å². The summed E-state index contributed by atoms with van der Waals surface area (Å²) in [4.78, 5) is 21.6. The molecule has 1 aromatic heterocycles. The van der Waals surface area contributed by atoms with Crippen LogP contribution in [0.4, 0.5) is 5.82 Å². The molecule has 21 heavy (non-hydrogen) atoms. The zero-order chi connectivity index (χ0) is 14.5. The maximum absolute atomic E-state index is 12.8. The molecule has 0 saturated carbocycles. The van der Waals surface area contributed by atoms with Crippen molar-refractivity contribution in [3.8, 4) is 0 Å². The highest BCUT2D eigenvalue weighted by Gasteiger charge is 2.23. The number of rotatable bonds is 2. The summed E-state index contributed by atoms with van der Waals surface area (Å²) in [6.07, 6.45) is 6.48. The van der Waals surface area contributed by atoms with Gasteiger partial charge in [0.15, 0.2) is 0 Å². The molecule has 2 fully saturated rings. The van der Waals surface area contributed by atoms with Crippen molar-refractivity contribution < 1.29 is 4.79 Å². The van der Waals surface area contributed by atoms with E-state index in [0.717, 1.165) is 57.1 Å². The topological polar surface area (TPSA) is 48.5 Å². The van der Waals surface area contributed by atoms with Crippen molar-refractivity contribution in [2.24, 2.45) is 0 Å². The van der Waals surface area contributed by atoms with Crippen LogP contribution in [0.2, 0.25) is 0 Å². The Morgan fingerprint density at radius 1 is 1.05 bits per heavy atom. The maximum atomic E-state index is 12.8. The fraction of sp³-hybridized carbons (Fsp3) is 0.625. The predicted octanol–water partition coefficient (Wildman–Crippen LogP) is 1.51. The average molecular weight is 288 g/mol. The lowest BCUT2D eigenvalue weighted by molar-refractivity contribution is 0.0766. The third-order valence-corrected chi connectivity index (χ3v) is 4.30. The molecule has 0 radical (unpaired) electrons. The van der Waals surface area contributed by atoms with Crippen LogP contribution in [0.5, 0.6) is 0 Å². The molecule has 3 heterocycles. The zero-order valence-electron chi connectivity index (χ0n) is 12.6. The van der Waals surface area contributed by atoms with Gasteiger partial charge < -0.3 is 15.1 Å². The Labute approximate surface area is 126 Å². The smallest absolute Gasteiger partial charge is 0.257 e. The number of pyridine rings is 1. The Balaban J connectivity index is 1.81. The summed E-state index contributed by atoms with van der Waals surface area (Å²) in [5.74, 6) is 1.01. The highest BCUT2D eigenvalue weighted by Crippen LogP contribution is 2.23. The van der Waals surface area contributed by atoms with Gasteiger partial charge in [0.05, 0.1) is 5.56 Å². The fourth-order valence-corrected chi connectivity index (χ4v) is 3.14. The Kier molecular flexibility index (Phi) is 4.70. The van der Waals surface area contributed by atoms with Gasteiger partial charge in [0.2, 0.25) is 0 Å². The van der Waals surface area contributed by atoms with Crippen molar-refractivity contribution >= 4 is 11.7 Å². The quantitative estimate of drug-likeness (QED) is 0.896. The lowest BCUT2D eigenvalue weighted by Crippen LogP contribution is -2.37. The zero-order valence-corrected chi connectivity index (χ0v) is 12.6. The van der Waals surface area contributed by atoms with Crippen molar-refractivity contribution in [2.45, 2.75) is 25.7 Å². The van der Waals surface area contributed by atoms with Crippen LogP contribution in [0.3, 0.4) is 0 Å². The summed E-state index contributed by atoms with van der Waals surface area (Å²) >= 11 is 0. The monoisotopic (exact) mass is 288 g/mol. The molecule has 2 saturated heterocycles. The van der Waals surface area contributed by atoms with E-state index in [0.29, 0.717) is 0 Å². The molecule has 2 aliphatic rings. The van der Waals surface area contributed by atoms with E-state index in [9.17, 15) is 4.79 Å². The van der Waals surface area contributed by atoms with Crippen LogP contribution in [-0.2, 0) is 0 Å². The van der Waals surface area contributed by atoms with Crippen molar-refractivity contribution in [1.29, 1.82) is 0 Å². The number of hydrogen-bond donors (Lipinski definition) is 1. The largest absolute Gasteiger partial charge is 0.356 e. The van der Waals surface area contributed by atoms with Crippen LogP contribution in [0.1, 0.15) is 36.0 Å². The summed E-state index contributed by atoms with van der Waals surface area (Å²) in [6, 6.07) is 3.80. The number of piperidine rings is 1. The van der Waals surface area contributed by atoms with Crippen LogP contribution in [0.15, 0.2) is 18.3 Å². The first-order valence-electron chi connectivity index (χ1n) is 8.06. The van der Waals surface area contributed by atoms with E-state index in [1.807, 2.05) is 17.0 Å². The second kappa shape index (κ2) is 6.89. The number of aromatic nitrogens is 1. The first kappa shape index (κ1) is 14.3. The summed E-state index contributed by atoms with van der Waals surface area (Å²) in [6.45, 7) is 5.52. The van der Waals surface area contributed by atoms with Crippen molar-refractivity contribution in [1.82, 2.24) is 15.2 Å². The normalized spacial score (nSPS) is 20.2. The van der Waals surface area contributed by atoms with Crippen LogP contribution < -0.4 is 10.2 Å². The van der Waals surface area contributed by atoms with Crippen LogP contribution in [-0.4, -0.2) is 55.1 Å². The summed E-state index contributed by atoms with van der Waals surface area (Å²) in [5.41, 5.74) is 0.765. The lowest BCUT2D eigenvalue weighted by atomic mass is 10.1. The van der Waals surface area contributed by atoms with E-state index in [4.69, 9.17) is 0 Å². The van der Waals surface area contributed by atoms with E-state index >= 15 is 0 Å². The van der Waals surface area contributed by atoms with Crippen molar-refractivity contribution in [2.75, 3.05) is 44.2 Å². The first-order chi connectivity index (χ1) is 10.4. The average Bonchev–Trinajstić information content (AvgIpc) is 2.84. The van der Waals surface area contributed by atoms with Gasteiger partial charge in [0.1, 0.15) is 5.82 Å². The van der Waals surface area contributed by atoms with Crippen molar-refractivity contribution in [3.63, 3.8) is 0 Å². The third-order valence-electron chi connectivity index (χ3n) is 4.30. The number of anilines is 1. The number of nitrogens with one attached hydrogen (secondary N) is 1. The Hall–Kier alpha value is -1.62. The van der Waals surface area contributed by atoms with E-state index in [1.165, 1.54) is 19.3 Å². The Morgan fingerprint density at radius 3 is 2.76 bits per heavy atom. The van der Waals surface area contributed by atoms with Crippen LogP contribution >= 0.6 is 0 Å². The molecule has 0 bridgehead atoms. The molecule has 0 spiro atoms. The van der Waals surface area contributed by atoms with Gasteiger partial charge in [-0.2, -0.15) is 0 Å². The van der Waals surface area contributed by atoms with E-state index < -0.39 is 0 Å². The minimum atomic E-state index is 0.132. The van der Waals surface area contributed by atoms with Gasteiger partial charge >= 0.3 is 0 Å². The third kappa shape index (κ3) is 3.35. The van der Waals surface area contributed by atoms with Crippen LogP contribution in [0.25, 0.3) is 0 Å². The van der Waals surface area contributed by atoms with Crippen molar-refractivity contribution in [3.05, 3.63) is 23.9 Å². The number of amides is 1. The van der Waals surface area contributed by atoms with Gasteiger partial charge in [-0.1, -0.05) is 0 Å². The minimum absolute atomic E-state index is 0.132. The lowest BCUT2D eigenvalue weighted by Gasteiger charge is -2.30. The van der Waals surface area contributed by atoms with E-state index in [2.05, 4.69) is 15.2 Å². The number of carbonyl (C=O) groups is 1. The van der Waals surface area contributed by atoms with Gasteiger partial charge in [-0.3, -0.25) is 4.79 Å². The molecular formula is C16H24N4O. The Bertz CT molecular complexity index is 477. The molecule has 1 N–H and O–H groups in total. The van der Waals surface area contributed by atoms with Gasteiger partial charge in [-0.05, 0) is 44.4 Å². The fourth-order valence-electron chi connectivity index (χ4n) is 3.14. The summed E-state index contributed by atoms with van der Waals surface area (Å²) in [5, 5.41) is 3.34. The molecule has 0 atom stereocenters. The minimum Gasteiger partial charge on any atom is -0.356 e. The van der Waals surface area contributed by atoms with Gasteiger partial charge in [0.25, 0.3) is 5.91 Å². The molecule has 3 rings (SSSR count). The molecule has 0 aliphatic carbocycles. The second-order valence-corrected chi connectivity index (χ2v) is 5.82. The van der Waals surface area contributed by atoms with E-state index in [1.54, 1.807) is 6.20 Å². The van der Waals surface area contributed by atoms with Gasteiger partial charge in [-0.15, -0.1) is 0 Å². The molecular weight excluding hydrogens is 264 g/mol. The number of hydrogen-bond acceptors (Lipinski definition) is 4. The molecule has 1 aromatic rings. The molecule has 5 nitrogen and oxygen atoms in total. The Morgan fingerprint density at radius 2 is 1.90 bits per heavy atom. The standard InChI is InChI=1S/C16H24N4O/c21-16(20-12-5-7-17-9-13-20)14-6-4-8-18-15(14)19-10-2-1-3-11-19/h4,6,8,17H,1-3,5,7,9-13H2. The molecule has 0 unspecified atom stereocenters. The highest BCUT2D eigenvalue weighted by molar-refractivity contribution is 5.99. The summed E-state index contributed by atoms with van der Waals surface area (Å²) < 4.78 is 0.